The molecule has 174 valence electrons. The van der Waals surface area contributed by atoms with Gasteiger partial charge in [0.1, 0.15) is 0 Å². The highest BCUT2D eigenvalue weighted by atomic mass is 35.5. The summed E-state index contributed by atoms with van der Waals surface area (Å²) < 4.78 is 12.1. The molecule has 0 aliphatic rings. The zero-order valence-corrected chi connectivity index (χ0v) is 19.7. The number of carbonyl (C=O) groups excluding carboxylic acids is 2. The number of hydrogen-bond donors (Lipinski definition) is 1. The maximum atomic E-state index is 13.1. The number of benzene rings is 1. The summed E-state index contributed by atoms with van der Waals surface area (Å²) in [6.07, 6.45) is 1.11. The third kappa shape index (κ3) is 6.07. The van der Waals surface area contributed by atoms with Gasteiger partial charge >= 0.3 is 5.97 Å². The van der Waals surface area contributed by atoms with Gasteiger partial charge in [-0.05, 0) is 45.4 Å². The highest BCUT2D eigenvalue weighted by Gasteiger charge is 2.24. The summed E-state index contributed by atoms with van der Waals surface area (Å²) >= 11 is 6.34. The van der Waals surface area contributed by atoms with E-state index in [4.69, 9.17) is 21.1 Å². The quantitative estimate of drug-likeness (QED) is 0.472. The van der Waals surface area contributed by atoms with Crippen LogP contribution in [0.2, 0.25) is 5.02 Å². The fourth-order valence-corrected chi connectivity index (χ4v) is 3.49. The normalized spacial score (nSPS) is 11.8. The number of rotatable bonds is 9. The van der Waals surface area contributed by atoms with Crippen LogP contribution in [0.15, 0.2) is 42.6 Å². The summed E-state index contributed by atoms with van der Waals surface area (Å²) in [5.41, 5.74) is 1.52. The monoisotopic (exact) mass is 471 g/mol. The average Bonchev–Trinajstić information content (AvgIpc) is 3.15. The molecule has 0 spiro atoms. The third-order valence-electron chi connectivity index (χ3n) is 4.71. The Morgan fingerprint density at radius 1 is 1.15 bits per heavy atom. The minimum absolute atomic E-state index is 0.0643. The van der Waals surface area contributed by atoms with Crippen LogP contribution in [0.1, 0.15) is 54.8 Å². The van der Waals surface area contributed by atoms with Gasteiger partial charge in [0.05, 0.1) is 42.6 Å². The number of halogens is 1. The van der Waals surface area contributed by atoms with E-state index in [1.165, 1.54) is 10.9 Å². The maximum absolute atomic E-state index is 13.1. The Bertz CT molecular complexity index is 1110. The topological polar surface area (TPSA) is 108 Å². The second-order valence-electron chi connectivity index (χ2n) is 7.51. The van der Waals surface area contributed by atoms with Crippen LogP contribution in [0.25, 0.3) is 5.82 Å². The number of carbonyl (C=O) groups is 2. The van der Waals surface area contributed by atoms with Crippen LogP contribution in [0.3, 0.4) is 0 Å². The molecule has 1 atom stereocenters. The molecular formula is C23H26ClN5O4. The molecule has 0 saturated carbocycles. The van der Waals surface area contributed by atoms with Crippen LogP contribution in [-0.2, 0) is 9.53 Å². The van der Waals surface area contributed by atoms with E-state index in [2.05, 4.69) is 20.6 Å². The highest BCUT2D eigenvalue weighted by Crippen LogP contribution is 2.26. The van der Waals surface area contributed by atoms with Crippen LogP contribution < -0.4 is 10.1 Å². The minimum Gasteiger partial charge on any atom is -0.477 e. The van der Waals surface area contributed by atoms with Crippen molar-refractivity contribution in [1.82, 2.24) is 25.3 Å². The van der Waals surface area contributed by atoms with E-state index in [0.29, 0.717) is 40.1 Å². The molecule has 0 bridgehead atoms. The highest BCUT2D eigenvalue weighted by molar-refractivity contribution is 6.31. The summed E-state index contributed by atoms with van der Waals surface area (Å²) in [7, 11) is 0. The lowest BCUT2D eigenvalue weighted by Crippen LogP contribution is -2.31. The Balaban J connectivity index is 1.83. The van der Waals surface area contributed by atoms with Gasteiger partial charge in [-0.25, -0.2) is 4.68 Å². The zero-order valence-electron chi connectivity index (χ0n) is 18.9. The molecule has 3 aromatic rings. The largest absolute Gasteiger partial charge is 0.477 e. The molecule has 10 heteroatoms. The first kappa shape index (κ1) is 24.2. The van der Waals surface area contributed by atoms with Gasteiger partial charge in [0, 0.05) is 11.1 Å². The fraction of sp³-hybridized carbons (Fsp3) is 0.348. The molecule has 0 saturated heterocycles. The summed E-state index contributed by atoms with van der Waals surface area (Å²) in [5.74, 6) is 0.00488. The van der Waals surface area contributed by atoms with Crippen molar-refractivity contribution < 1.29 is 19.1 Å². The lowest BCUT2D eigenvalue weighted by atomic mass is 10.0. The van der Waals surface area contributed by atoms with E-state index < -0.39 is 17.9 Å². The molecule has 0 aliphatic carbocycles. The number of nitrogens with one attached hydrogen (secondary N) is 1. The first-order valence-corrected chi connectivity index (χ1v) is 10.9. The summed E-state index contributed by atoms with van der Waals surface area (Å²) in [6.45, 7) is 7.62. The van der Waals surface area contributed by atoms with Gasteiger partial charge in [-0.3, -0.25) is 9.59 Å². The van der Waals surface area contributed by atoms with Gasteiger partial charge in [-0.15, -0.1) is 10.2 Å². The number of amides is 1. The van der Waals surface area contributed by atoms with Gasteiger partial charge in [-0.2, -0.15) is 5.10 Å². The minimum atomic E-state index is -0.675. The Labute approximate surface area is 197 Å². The Hall–Kier alpha value is -3.46. The molecule has 0 radical (unpaired) electrons. The van der Waals surface area contributed by atoms with Crippen LogP contribution in [0, 0.1) is 6.92 Å². The van der Waals surface area contributed by atoms with Crippen molar-refractivity contribution in [2.24, 2.45) is 0 Å². The number of nitrogens with zero attached hydrogens (tertiary/aromatic N) is 4. The van der Waals surface area contributed by atoms with E-state index in [-0.39, 0.29) is 12.5 Å². The first-order chi connectivity index (χ1) is 15.8. The molecule has 0 unspecified atom stereocenters. The Morgan fingerprint density at radius 2 is 1.91 bits per heavy atom. The van der Waals surface area contributed by atoms with Crippen molar-refractivity contribution in [3.8, 4) is 11.7 Å². The standard InChI is InChI=1S/C23H26ClN5O4/c1-5-32-21-11-10-20(27-28-21)29-15(4)17(13-25-29)23(31)26-19(12-22(30)33-14(2)3)16-8-6-7-9-18(16)24/h6-11,13-14,19H,5,12H2,1-4H3,(H,26,31)/t19-/m1/s1. The molecule has 9 nitrogen and oxygen atoms in total. The van der Waals surface area contributed by atoms with Gasteiger partial charge in [-0.1, -0.05) is 29.8 Å². The molecular weight excluding hydrogens is 446 g/mol. The second kappa shape index (κ2) is 10.9. The number of hydrogen-bond acceptors (Lipinski definition) is 7. The molecule has 2 aromatic heterocycles. The molecule has 0 fully saturated rings. The van der Waals surface area contributed by atoms with Crippen LogP contribution >= 0.6 is 11.6 Å². The molecule has 0 aliphatic heterocycles. The maximum Gasteiger partial charge on any atom is 0.308 e. The van der Waals surface area contributed by atoms with E-state index in [1.54, 1.807) is 57.2 Å². The summed E-state index contributed by atoms with van der Waals surface area (Å²) in [4.78, 5) is 25.5. The van der Waals surface area contributed by atoms with Crippen LogP contribution in [0.5, 0.6) is 5.88 Å². The van der Waals surface area contributed by atoms with Crippen molar-refractivity contribution >= 4 is 23.5 Å². The summed E-state index contributed by atoms with van der Waals surface area (Å²) in [5, 5.41) is 15.7. The van der Waals surface area contributed by atoms with Gasteiger partial charge in [0.15, 0.2) is 5.82 Å². The number of aromatic nitrogens is 4. The summed E-state index contributed by atoms with van der Waals surface area (Å²) in [6, 6.07) is 9.75. The predicted octanol–water partition coefficient (Wildman–Crippen LogP) is 3.84. The van der Waals surface area contributed by atoms with Crippen molar-refractivity contribution in [2.45, 2.75) is 46.3 Å². The molecule has 33 heavy (non-hydrogen) atoms. The van der Waals surface area contributed by atoms with E-state index in [9.17, 15) is 9.59 Å². The Kier molecular flexibility index (Phi) is 8.00. The van der Waals surface area contributed by atoms with Crippen molar-refractivity contribution in [3.05, 3.63) is 64.4 Å². The molecule has 3 rings (SSSR count). The lowest BCUT2D eigenvalue weighted by Gasteiger charge is -2.20. The predicted molar refractivity (Wildman–Crippen MR) is 123 cm³/mol. The van der Waals surface area contributed by atoms with Crippen LogP contribution in [-0.4, -0.2) is 44.6 Å². The third-order valence-corrected chi connectivity index (χ3v) is 5.06. The van der Waals surface area contributed by atoms with Gasteiger partial charge in [0.25, 0.3) is 5.91 Å². The van der Waals surface area contributed by atoms with Gasteiger partial charge < -0.3 is 14.8 Å². The number of ether oxygens (including phenoxy) is 2. The molecule has 2 heterocycles. The van der Waals surface area contributed by atoms with E-state index in [1.807, 2.05) is 6.92 Å². The van der Waals surface area contributed by atoms with Crippen molar-refractivity contribution in [2.75, 3.05) is 6.61 Å². The lowest BCUT2D eigenvalue weighted by molar-refractivity contribution is -0.147. The van der Waals surface area contributed by atoms with E-state index in [0.717, 1.165) is 0 Å². The van der Waals surface area contributed by atoms with E-state index >= 15 is 0 Å². The smallest absolute Gasteiger partial charge is 0.308 e. The molecule has 1 amide bonds. The van der Waals surface area contributed by atoms with Crippen molar-refractivity contribution in [1.29, 1.82) is 0 Å². The average molecular weight is 472 g/mol. The fourth-order valence-electron chi connectivity index (χ4n) is 3.22. The van der Waals surface area contributed by atoms with Gasteiger partial charge in [0.2, 0.25) is 5.88 Å². The zero-order chi connectivity index (χ0) is 24.0. The van der Waals surface area contributed by atoms with Crippen molar-refractivity contribution in [3.63, 3.8) is 0 Å². The molecule has 1 N–H and O–H groups in total. The second-order valence-corrected chi connectivity index (χ2v) is 7.92. The molecule has 1 aromatic carbocycles. The Morgan fingerprint density at radius 3 is 2.55 bits per heavy atom. The SMILES string of the molecule is CCOc1ccc(-n2ncc(C(=O)N[C@H](CC(=O)OC(C)C)c3ccccc3Cl)c2C)nn1. The van der Waals surface area contributed by atoms with Crippen LogP contribution in [0.4, 0.5) is 0 Å². The first-order valence-electron chi connectivity index (χ1n) is 10.6. The number of esters is 1.